The van der Waals surface area contributed by atoms with E-state index in [1.165, 1.54) is 11.1 Å². The van der Waals surface area contributed by atoms with Crippen LogP contribution in [0.15, 0.2) is 243 Å². The average Bonchev–Trinajstić information content (AvgIpc) is 3.63. The maximum atomic E-state index is 5.32. The molecule has 11 aromatic rings. The SMILES string of the molecule is CC1(C)c2ccc(-c3ccc(-c4nc(-c5cccc(-c6cc(-c7ccccc7)cc(-c7ccccc7)c6)c5)nc(-c5cccc(-c6cc(-c7ccccc7)cc(-c7ccccc7)c6)c5)n4)cn3)cc2C(C)(C)C1(C)C. The number of rotatable bonds is 10. The zero-order valence-electron chi connectivity index (χ0n) is 43.4. The molecule has 0 bridgehead atoms. The van der Waals surface area contributed by atoms with Crippen molar-refractivity contribution in [1.82, 2.24) is 19.9 Å². The Morgan fingerprint density at radius 1 is 0.240 bits per heavy atom. The molecule has 9 aromatic carbocycles. The fourth-order valence-electron chi connectivity index (χ4n) is 11.1. The first-order valence-electron chi connectivity index (χ1n) is 26.0. The zero-order valence-corrected chi connectivity index (χ0v) is 43.4. The Morgan fingerprint density at radius 2 is 0.560 bits per heavy atom. The molecule has 4 heteroatoms. The second-order valence-electron chi connectivity index (χ2n) is 21.6. The zero-order chi connectivity index (χ0) is 51.3. The van der Waals surface area contributed by atoms with E-state index in [0.29, 0.717) is 17.5 Å². The van der Waals surface area contributed by atoms with Crippen molar-refractivity contribution in [2.75, 3.05) is 0 Å². The quantitative estimate of drug-likeness (QED) is 0.137. The Kier molecular flexibility index (Phi) is 11.9. The third-order valence-corrected chi connectivity index (χ3v) is 16.6. The molecule has 362 valence electrons. The van der Waals surface area contributed by atoms with Crippen LogP contribution in [0.2, 0.25) is 0 Å². The maximum Gasteiger partial charge on any atom is 0.165 e. The number of benzene rings is 9. The second-order valence-corrected chi connectivity index (χ2v) is 21.6. The molecule has 12 rings (SSSR count). The van der Waals surface area contributed by atoms with Crippen LogP contribution in [0.4, 0.5) is 0 Å². The highest BCUT2D eigenvalue weighted by Crippen LogP contribution is 2.61. The summed E-state index contributed by atoms with van der Waals surface area (Å²) in [5.74, 6) is 1.72. The largest absolute Gasteiger partial charge is 0.255 e. The summed E-state index contributed by atoms with van der Waals surface area (Å²) >= 11 is 0. The van der Waals surface area contributed by atoms with Gasteiger partial charge in [0, 0.05) is 28.5 Å². The molecule has 4 nitrogen and oxygen atoms in total. The molecular weight excluding hydrogens is 909 g/mol. The molecule has 0 saturated heterocycles. The summed E-state index contributed by atoms with van der Waals surface area (Å²) in [5.41, 5.74) is 21.1. The lowest BCUT2D eigenvalue weighted by Gasteiger charge is -2.44. The lowest BCUT2D eigenvalue weighted by atomic mass is 9.59. The second kappa shape index (κ2) is 18.9. The first kappa shape index (κ1) is 47.2. The van der Waals surface area contributed by atoms with Crippen molar-refractivity contribution in [2.24, 2.45) is 5.41 Å². The summed E-state index contributed by atoms with van der Waals surface area (Å²) in [6.07, 6.45) is 1.91. The van der Waals surface area contributed by atoms with E-state index in [4.69, 9.17) is 19.9 Å². The fraction of sp³-hybridized carbons (Fsp3) is 0.127. The number of aromatic nitrogens is 4. The van der Waals surface area contributed by atoms with Gasteiger partial charge >= 0.3 is 0 Å². The minimum atomic E-state index is -0.0160. The van der Waals surface area contributed by atoms with Crippen LogP contribution in [-0.4, -0.2) is 19.9 Å². The molecule has 0 amide bonds. The highest BCUT2D eigenvalue weighted by molar-refractivity contribution is 5.85. The monoisotopic (exact) mass is 966 g/mol. The Balaban J connectivity index is 0.979. The minimum Gasteiger partial charge on any atom is -0.255 e. The van der Waals surface area contributed by atoms with Gasteiger partial charge in [0.15, 0.2) is 17.5 Å². The van der Waals surface area contributed by atoms with E-state index < -0.39 is 0 Å². The topological polar surface area (TPSA) is 51.6 Å². The third kappa shape index (κ3) is 8.76. The third-order valence-electron chi connectivity index (χ3n) is 16.6. The molecule has 0 unspecified atom stereocenters. The van der Waals surface area contributed by atoms with Crippen LogP contribution in [-0.2, 0) is 10.8 Å². The molecule has 0 fully saturated rings. The van der Waals surface area contributed by atoms with Gasteiger partial charge in [-0.15, -0.1) is 0 Å². The maximum absolute atomic E-state index is 5.32. The summed E-state index contributed by atoms with van der Waals surface area (Å²) in [5, 5.41) is 0. The van der Waals surface area contributed by atoms with Crippen LogP contribution in [0, 0.1) is 5.41 Å². The van der Waals surface area contributed by atoms with Gasteiger partial charge in [0.1, 0.15) is 0 Å². The van der Waals surface area contributed by atoms with Crippen LogP contribution in [0.1, 0.15) is 52.7 Å². The molecule has 1 aliphatic carbocycles. The molecule has 2 heterocycles. The van der Waals surface area contributed by atoms with Crippen molar-refractivity contribution < 1.29 is 0 Å². The van der Waals surface area contributed by atoms with Crippen LogP contribution in [0.3, 0.4) is 0 Å². The van der Waals surface area contributed by atoms with Crippen molar-refractivity contribution in [2.45, 2.75) is 52.4 Å². The highest BCUT2D eigenvalue weighted by Gasteiger charge is 2.56. The fourth-order valence-corrected chi connectivity index (χ4v) is 11.1. The first-order chi connectivity index (χ1) is 36.4. The highest BCUT2D eigenvalue weighted by atomic mass is 15.0. The minimum absolute atomic E-state index is 0.0160. The molecule has 0 aliphatic heterocycles. The average molecular weight is 967 g/mol. The Hall–Kier alpha value is -8.86. The van der Waals surface area contributed by atoms with Gasteiger partial charge in [0.25, 0.3) is 0 Å². The number of hydrogen-bond acceptors (Lipinski definition) is 4. The molecule has 0 N–H and O–H groups in total. The van der Waals surface area contributed by atoms with Crippen molar-refractivity contribution in [1.29, 1.82) is 0 Å². The standard InChI is InChI=1S/C71H58N4/c1-69(2)63-35-33-53(45-64(63)70(3,4)71(69,5)6)65-36-34-56(46-72-65)68-74-66(54-31-19-29-51(37-54)61-41-57(47-21-11-7-12-22-47)39-58(42-61)48-23-13-8-14-24-48)73-67(75-68)55-32-20-30-52(38-55)62-43-59(49-25-15-9-16-26-49)40-60(44-62)50-27-17-10-18-28-50/h7-46H,1-6H3. The number of hydrogen-bond donors (Lipinski definition) is 0. The lowest BCUT2D eigenvalue weighted by Crippen LogP contribution is -2.42. The van der Waals surface area contributed by atoms with Crippen molar-refractivity contribution in [3.8, 4) is 112 Å². The first-order valence-corrected chi connectivity index (χ1v) is 26.0. The summed E-state index contributed by atoms with van der Waals surface area (Å²) in [7, 11) is 0. The van der Waals surface area contributed by atoms with E-state index in [0.717, 1.165) is 94.7 Å². The predicted molar refractivity (Wildman–Crippen MR) is 312 cm³/mol. The molecule has 1 aliphatic rings. The van der Waals surface area contributed by atoms with Crippen LogP contribution >= 0.6 is 0 Å². The predicted octanol–water partition coefficient (Wildman–Crippen LogP) is 18.5. The van der Waals surface area contributed by atoms with Gasteiger partial charge in [0.05, 0.1) is 5.69 Å². The summed E-state index contributed by atoms with van der Waals surface area (Å²) in [4.78, 5) is 21.0. The van der Waals surface area contributed by atoms with E-state index in [-0.39, 0.29) is 16.2 Å². The Morgan fingerprint density at radius 3 is 0.947 bits per heavy atom. The molecule has 0 spiro atoms. The van der Waals surface area contributed by atoms with Crippen LogP contribution in [0.5, 0.6) is 0 Å². The summed E-state index contributed by atoms with van der Waals surface area (Å²) < 4.78 is 0. The van der Waals surface area contributed by atoms with Gasteiger partial charge in [-0.3, -0.25) is 4.98 Å². The van der Waals surface area contributed by atoms with Crippen molar-refractivity contribution in [3.63, 3.8) is 0 Å². The Labute approximate surface area is 441 Å². The summed E-state index contributed by atoms with van der Waals surface area (Å²) in [6, 6.07) is 84.4. The van der Waals surface area contributed by atoms with Gasteiger partial charge < -0.3 is 0 Å². The summed E-state index contributed by atoms with van der Waals surface area (Å²) in [6.45, 7) is 14.3. The molecule has 0 saturated carbocycles. The van der Waals surface area contributed by atoms with Gasteiger partial charge in [-0.05, 0) is 161 Å². The molecule has 0 atom stereocenters. The number of nitrogens with zero attached hydrogens (tertiary/aromatic N) is 4. The van der Waals surface area contributed by atoms with Crippen LogP contribution < -0.4 is 0 Å². The normalized spacial score (nSPS) is 14.1. The van der Waals surface area contributed by atoms with Crippen molar-refractivity contribution in [3.05, 3.63) is 254 Å². The van der Waals surface area contributed by atoms with Crippen molar-refractivity contribution >= 4 is 0 Å². The molecular formula is C71H58N4. The van der Waals surface area contributed by atoms with E-state index in [1.54, 1.807) is 0 Å². The van der Waals surface area contributed by atoms with E-state index >= 15 is 0 Å². The van der Waals surface area contributed by atoms with Gasteiger partial charge in [-0.1, -0.05) is 211 Å². The van der Waals surface area contributed by atoms with Gasteiger partial charge in [0.2, 0.25) is 0 Å². The van der Waals surface area contributed by atoms with E-state index in [9.17, 15) is 0 Å². The van der Waals surface area contributed by atoms with E-state index in [2.05, 4.69) is 278 Å². The molecule has 75 heavy (non-hydrogen) atoms. The molecule has 0 radical (unpaired) electrons. The lowest BCUT2D eigenvalue weighted by molar-refractivity contribution is 0.125. The van der Waals surface area contributed by atoms with Gasteiger partial charge in [-0.25, -0.2) is 15.0 Å². The molecule has 2 aromatic heterocycles. The van der Waals surface area contributed by atoms with Crippen LogP contribution in [0.25, 0.3) is 112 Å². The van der Waals surface area contributed by atoms with Gasteiger partial charge in [-0.2, -0.15) is 0 Å². The Bertz CT molecular complexity index is 3570. The van der Waals surface area contributed by atoms with E-state index in [1.807, 2.05) is 6.20 Å². The smallest absolute Gasteiger partial charge is 0.165 e. The number of fused-ring (bicyclic) bond motifs is 1. The number of pyridine rings is 1.